The molecule has 3 aromatic rings. The summed E-state index contributed by atoms with van der Waals surface area (Å²) in [5.41, 5.74) is 9.25. The fourth-order valence-electron chi connectivity index (χ4n) is 2.14. The van der Waals surface area contributed by atoms with Crippen LogP contribution in [0, 0.1) is 6.92 Å². The van der Waals surface area contributed by atoms with Crippen LogP contribution in [0.5, 0.6) is 0 Å². The molecule has 0 saturated carbocycles. The quantitative estimate of drug-likeness (QED) is 0.746. The van der Waals surface area contributed by atoms with E-state index in [1.165, 1.54) is 0 Å². The number of hydrogen-bond acceptors (Lipinski definition) is 3. The Bertz CT molecular complexity index is 655. The van der Waals surface area contributed by atoms with Crippen LogP contribution in [0.3, 0.4) is 0 Å². The molecule has 0 aliphatic rings. The molecule has 2 heterocycles. The Balaban J connectivity index is 2.07. The van der Waals surface area contributed by atoms with E-state index in [1.54, 1.807) is 6.20 Å². The van der Waals surface area contributed by atoms with Crippen molar-refractivity contribution in [2.24, 2.45) is 5.73 Å². The number of aromatic nitrogens is 1. The van der Waals surface area contributed by atoms with Crippen molar-refractivity contribution >= 4 is 11.0 Å². The number of fused-ring (bicyclic) bond motifs is 1. The van der Waals surface area contributed by atoms with Crippen LogP contribution in [0.25, 0.3) is 11.0 Å². The van der Waals surface area contributed by atoms with Gasteiger partial charge in [0.15, 0.2) is 0 Å². The fraction of sp³-hybridized carbons (Fsp3) is 0.133. The first-order valence-electron chi connectivity index (χ1n) is 5.90. The maximum Gasteiger partial charge on any atom is 0.134 e. The largest absolute Gasteiger partial charge is 0.459 e. The maximum absolute atomic E-state index is 6.26. The number of pyridine rings is 1. The summed E-state index contributed by atoms with van der Waals surface area (Å²) in [5.74, 6) is 0.783. The van der Waals surface area contributed by atoms with Crippen LogP contribution in [0.2, 0.25) is 0 Å². The molecule has 90 valence electrons. The number of rotatable bonds is 2. The lowest BCUT2D eigenvalue weighted by molar-refractivity contribution is 0.524. The summed E-state index contributed by atoms with van der Waals surface area (Å²) in [6, 6.07) is 11.6. The van der Waals surface area contributed by atoms with Crippen molar-refractivity contribution in [2.45, 2.75) is 13.0 Å². The van der Waals surface area contributed by atoms with Crippen molar-refractivity contribution in [3.63, 3.8) is 0 Å². The zero-order valence-corrected chi connectivity index (χ0v) is 10.1. The van der Waals surface area contributed by atoms with E-state index in [4.69, 9.17) is 10.2 Å². The number of nitrogens with two attached hydrogens (primary N) is 1. The molecule has 0 amide bonds. The van der Waals surface area contributed by atoms with Gasteiger partial charge in [-0.3, -0.25) is 4.98 Å². The molecule has 0 bridgehead atoms. The molecular formula is C15H14N2O. The number of aryl methyl sites for hydroxylation is 1. The van der Waals surface area contributed by atoms with Crippen molar-refractivity contribution in [1.82, 2.24) is 4.98 Å². The summed E-state index contributed by atoms with van der Waals surface area (Å²) in [7, 11) is 0. The molecule has 0 spiro atoms. The van der Waals surface area contributed by atoms with E-state index in [0.717, 1.165) is 27.9 Å². The van der Waals surface area contributed by atoms with Crippen LogP contribution in [-0.2, 0) is 0 Å². The number of nitrogens with zero attached hydrogens (tertiary/aromatic N) is 1. The SMILES string of the molecule is Cc1cnccc1C(N)c1cc2ccccc2o1. The van der Waals surface area contributed by atoms with Gasteiger partial charge in [0.25, 0.3) is 0 Å². The van der Waals surface area contributed by atoms with Gasteiger partial charge in [0.2, 0.25) is 0 Å². The molecule has 3 heteroatoms. The third-order valence-electron chi connectivity index (χ3n) is 3.15. The number of benzene rings is 1. The topological polar surface area (TPSA) is 52.0 Å². The molecule has 2 aromatic heterocycles. The third kappa shape index (κ3) is 1.79. The highest BCUT2D eigenvalue weighted by Gasteiger charge is 2.15. The molecule has 0 aliphatic heterocycles. The Kier molecular flexibility index (Phi) is 2.61. The van der Waals surface area contributed by atoms with Crippen molar-refractivity contribution in [1.29, 1.82) is 0 Å². The number of hydrogen-bond donors (Lipinski definition) is 1. The van der Waals surface area contributed by atoms with Crippen LogP contribution in [0.15, 0.2) is 53.2 Å². The lowest BCUT2D eigenvalue weighted by atomic mass is 10.0. The minimum Gasteiger partial charge on any atom is -0.459 e. The molecule has 0 fully saturated rings. The Morgan fingerprint density at radius 2 is 2.06 bits per heavy atom. The van der Waals surface area contributed by atoms with E-state index < -0.39 is 0 Å². The lowest BCUT2D eigenvalue weighted by Gasteiger charge is -2.11. The molecule has 0 aliphatic carbocycles. The average molecular weight is 238 g/mol. The molecule has 3 nitrogen and oxygen atoms in total. The van der Waals surface area contributed by atoms with Crippen molar-refractivity contribution in [2.75, 3.05) is 0 Å². The van der Waals surface area contributed by atoms with Crippen molar-refractivity contribution < 1.29 is 4.42 Å². The summed E-state index contributed by atoms with van der Waals surface area (Å²) in [6.07, 6.45) is 3.57. The average Bonchev–Trinajstić information content (AvgIpc) is 2.82. The predicted octanol–water partition coefficient (Wildman–Crippen LogP) is 3.18. The Hall–Kier alpha value is -2.13. The fourth-order valence-corrected chi connectivity index (χ4v) is 2.14. The molecule has 1 aromatic carbocycles. The first kappa shape index (κ1) is 11.0. The van der Waals surface area contributed by atoms with E-state index in [9.17, 15) is 0 Å². The Labute approximate surface area is 105 Å². The van der Waals surface area contributed by atoms with Gasteiger partial charge in [0.05, 0.1) is 6.04 Å². The molecule has 0 saturated heterocycles. The van der Waals surface area contributed by atoms with Crippen LogP contribution < -0.4 is 5.73 Å². The van der Waals surface area contributed by atoms with E-state index >= 15 is 0 Å². The third-order valence-corrected chi connectivity index (χ3v) is 3.15. The minimum atomic E-state index is -0.250. The standard InChI is InChI=1S/C15H14N2O/c1-10-9-17-7-6-12(10)15(16)14-8-11-4-2-3-5-13(11)18-14/h2-9,15H,16H2,1H3. The summed E-state index contributed by atoms with van der Waals surface area (Å²) < 4.78 is 5.79. The number of furan rings is 1. The Morgan fingerprint density at radius 1 is 1.22 bits per heavy atom. The van der Waals surface area contributed by atoms with Crippen molar-refractivity contribution in [3.8, 4) is 0 Å². The van der Waals surface area contributed by atoms with Gasteiger partial charge in [0.1, 0.15) is 11.3 Å². The summed E-state index contributed by atoms with van der Waals surface area (Å²) in [5, 5.41) is 1.08. The lowest BCUT2D eigenvalue weighted by Crippen LogP contribution is -2.12. The highest BCUT2D eigenvalue weighted by molar-refractivity contribution is 5.77. The molecule has 18 heavy (non-hydrogen) atoms. The van der Waals surface area contributed by atoms with Gasteiger partial charge in [-0.15, -0.1) is 0 Å². The van der Waals surface area contributed by atoms with E-state index in [2.05, 4.69) is 4.98 Å². The second kappa shape index (κ2) is 4.27. The zero-order valence-electron chi connectivity index (χ0n) is 10.1. The van der Waals surface area contributed by atoms with E-state index in [-0.39, 0.29) is 6.04 Å². The van der Waals surface area contributed by atoms with Gasteiger partial charge in [-0.05, 0) is 36.2 Å². The smallest absolute Gasteiger partial charge is 0.134 e. The van der Waals surface area contributed by atoms with Gasteiger partial charge in [-0.2, -0.15) is 0 Å². The normalized spacial score (nSPS) is 12.8. The highest BCUT2D eigenvalue weighted by Crippen LogP contribution is 2.27. The molecule has 0 radical (unpaired) electrons. The van der Waals surface area contributed by atoms with Gasteiger partial charge in [-0.1, -0.05) is 18.2 Å². The summed E-state index contributed by atoms with van der Waals surface area (Å²) in [4.78, 5) is 4.08. The van der Waals surface area contributed by atoms with Gasteiger partial charge in [-0.25, -0.2) is 0 Å². The molecule has 3 rings (SSSR count). The highest BCUT2D eigenvalue weighted by atomic mass is 16.3. The van der Waals surface area contributed by atoms with Crippen LogP contribution in [0.1, 0.15) is 22.9 Å². The first-order chi connectivity index (χ1) is 8.75. The molecule has 2 N–H and O–H groups in total. The van der Waals surface area contributed by atoms with E-state index in [1.807, 2.05) is 49.5 Å². The Morgan fingerprint density at radius 3 is 2.83 bits per heavy atom. The van der Waals surface area contributed by atoms with Crippen LogP contribution >= 0.6 is 0 Å². The molecule has 1 atom stereocenters. The molecular weight excluding hydrogens is 224 g/mol. The second-order valence-electron chi connectivity index (χ2n) is 4.40. The number of para-hydroxylation sites is 1. The minimum absolute atomic E-state index is 0.250. The van der Waals surface area contributed by atoms with E-state index in [0.29, 0.717) is 0 Å². The van der Waals surface area contributed by atoms with Gasteiger partial charge in [0, 0.05) is 17.8 Å². The molecule has 1 unspecified atom stereocenters. The predicted molar refractivity (Wildman–Crippen MR) is 71.2 cm³/mol. The zero-order chi connectivity index (χ0) is 12.5. The van der Waals surface area contributed by atoms with Crippen LogP contribution in [0.4, 0.5) is 0 Å². The van der Waals surface area contributed by atoms with Gasteiger partial charge < -0.3 is 10.2 Å². The second-order valence-corrected chi connectivity index (χ2v) is 4.40. The maximum atomic E-state index is 6.26. The monoisotopic (exact) mass is 238 g/mol. The van der Waals surface area contributed by atoms with Crippen molar-refractivity contribution in [3.05, 3.63) is 65.7 Å². The first-order valence-corrected chi connectivity index (χ1v) is 5.90. The van der Waals surface area contributed by atoms with Crippen LogP contribution in [-0.4, -0.2) is 4.98 Å². The van der Waals surface area contributed by atoms with Gasteiger partial charge >= 0.3 is 0 Å². The summed E-state index contributed by atoms with van der Waals surface area (Å²) >= 11 is 0. The summed E-state index contributed by atoms with van der Waals surface area (Å²) in [6.45, 7) is 2.00.